The maximum Gasteiger partial charge on any atom is 0.0269 e. The highest BCUT2D eigenvalue weighted by Gasteiger charge is 2.30. The van der Waals surface area contributed by atoms with Crippen molar-refractivity contribution in [3.8, 4) is 0 Å². The summed E-state index contributed by atoms with van der Waals surface area (Å²) in [5.74, 6) is 0.698. The van der Waals surface area contributed by atoms with E-state index in [0.717, 1.165) is 13.1 Å². The monoisotopic (exact) mass is 214 g/mol. The Balaban J connectivity index is 4.71. The first-order valence-corrected chi connectivity index (χ1v) is 6.16. The lowest BCUT2D eigenvalue weighted by molar-refractivity contribution is 0.0649. The van der Waals surface area contributed by atoms with Crippen LogP contribution in [0.25, 0.3) is 0 Å². The van der Waals surface area contributed by atoms with Gasteiger partial charge in [-0.05, 0) is 25.2 Å². The predicted molar refractivity (Wildman–Crippen MR) is 69.0 cm³/mol. The summed E-state index contributed by atoms with van der Waals surface area (Å²) >= 11 is 0. The lowest BCUT2D eigenvalue weighted by Gasteiger charge is -2.43. The number of hydrogen-bond donors (Lipinski definition) is 1. The van der Waals surface area contributed by atoms with Gasteiger partial charge in [-0.1, -0.05) is 34.6 Å². The Bertz CT molecular complexity index is 168. The van der Waals surface area contributed by atoms with E-state index in [1.165, 1.54) is 0 Å². The molecule has 0 saturated heterocycles. The largest absolute Gasteiger partial charge is 0.329 e. The average molecular weight is 214 g/mol. The Labute approximate surface area is 96.2 Å². The highest BCUT2D eigenvalue weighted by atomic mass is 15.2. The molecule has 0 bridgehead atoms. The lowest BCUT2D eigenvalue weighted by Crippen LogP contribution is -2.52. The van der Waals surface area contributed by atoms with Gasteiger partial charge in [-0.25, -0.2) is 0 Å². The maximum absolute atomic E-state index is 5.93. The summed E-state index contributed by atoms with van der Waals surface area (Å²) in [7, 11) is 0. The molecule has 92 valence electrons. The first-order valence-electron chi connectivity index (χ1n) is 6.16. The molecule has 0 aromatic heterocycles. The third-order valence-electron chi connectivity index (χ3n) is 2.86. The second-order valence-corrected chi connectivity index (χ2v) is 6.30. The molecule has 1 atom stereocenters. The maximum atomic E-state index is 5.93. The summed E-state index contributed by atoms with van der Waals surface area (Å²) in [5, 5.41) is 0. The van der Waals surface area contributed by atoms with Crippen molar-refractivity contribution in [1.82, 2.24) is 4.90 Å². The molecule has 0 spiro atoms. The van der Waals surface area contributed by atoms with E-state index in [-0.39, 0.29) is 5.41 Å². The van der Waals surface area contributed by atoms with Crippen LogP contribution in [0.15, 0.2) is 0 Å². The van der Waals surface area contributed by atoms with E-state index in [9.17, 15) is 0 Å². The minimum atomic E-state index is 0.258. The molecule has 1 unspecified atom stereocenters. The van der Waals surface area contributed by atoms with Crippen LogP contribution in [-0.4, -0.2) is 30.1 Å². The molecule has 2 N–H and O–H groups in total. The molecule has 0 saturated carbocycles. The van der Waals surface area contributed by atoms with Crippen LogP contribution in [-0.2, 0) is 0 Å². The van der Waals surface area contributed by atoms with Crippen LogP contribution in [0.1, 0.15) is 48.5 Å². The highest BCUT2D eigenvalue weighted by Crippen LogP contribution is 2.25. The Morgan fingerprint density at radius 1 is 1.07 bits per heavy atom. The van der Waals surface area contributed by atoms with E-state index in [2.05, 4.69) is 53.4 Å². The van der Waals surface area contributed by atoms with Gasteiger partial charge in [-0.3, -0.25) is 4.90 Å². The van der Waals surface area contributed by atoms with Crippen molar-refractivity contribution in [2.75, 3.05) is 13.1 Å². The molecule has 0 aliphatic heterocycles. The van der Waals surface area contributed by atoms with Crippen LogP contribution >= 0.6 is 0 Å². The number of nitrogens with zero attached hydrogens (tertiary/aromatic N) is 1. The molecule has 0 aliphatic carbocycles. The Morgan fingerprint density at radius 3 is 1.73 bits per heavy atom. The van der Waals surface area contributed by atoms with E-state index in [1.54, 1.807) is 0 Å². The van der Waals surface area contributed by atoms with Crippen LogP contribution in [0, 0.1) is 11.3 Å². The quantitative estimate of drug-likeness (QED) is 0.762. The summed E-state index contributed by atoms with van der Waals surface area (Å²) in [5.41, 5.74) is 6.19. The molecule has 0 rings (SSSR count). The fraction of sp³-hybridized carbons (Fsp3) is 1.00. The average Bonchev–Trinajstić information content (AvgIpc) is 2.00. The van der Waals surface area contributed by atoms with E-state index in [0.29, 0.717) is 18.0 Å². The van der Waals surface area contributed by atoms with Crippen LogP contribution in [0.3, 0.4) is 0 Å². The molecular formula is C13H30N2. The normalized spacial score (nSPS) is 15.4. The van der Waals surface area contributed by atoms with Crippen molar-refractivity contribution in [2.45, 2.75) is 60.5 Å². The summed E-state index contributed by atoms with van der Waals surface area (Å²) in [6.45, 7) is 17.8. The van der Waals surface area contributed by atoms with Crippen LogP contribution in [0.4, 0.5) is 0 Å². The third kappa shape index (κ3) is 4.98. The van der Waals surface area contributed by atoms with Crippen molar-refractivity contribution < 1.29 is 0 Å². The number of nitrogens with two attached hydrogens (primary N) is 1. The van der Waals surface area contributed by atoms with Crippen molar-refractivity contribution in [1.29, 1.82) is 0 Å². The van der Waals surface area contributed by atoms with Gasteiger partial charge in [0.05, 0.1) is 0 Å². The van der Waals surface area contributed by atoms with E-state index >= 15 is 0 Å². The Morgan fingerprint density at radius 2 is 1.53 bits per heavy atom. The zero-order valence-corrected chi connectivity index (χ0v) is 11.7. The van der Waals surface area contributed by atoms with Gasteiger partial charge in [-0.15, -0.1) is 0 Å². The summed E-state index contributed by atoms with van der Waals surface area (Å²) < 4.78 is 0. The summed E-state index contributed by atoms with van der Waals surface area (Å²) in [6, 6.07) is 1.04. The van der Waals surface area contributed by atoms with Crippen LogP contribution in [0.5, 0.6) is 0 Å². The van der Waals surface area contributed by atoms with Gasteiger partial charge < -0.3 is 5.73 Å². The van der Waals surface area contributed by atoms with Crippen LogP contribution < -0.4 is 5.73 Å². The van der Waals surface area contributed by atoms with E-state index in [1.807, 2.05) is 0 Å². The van der Waals surface area contributed by atoms with Gasteiger partial charge in [0.1, 0.15) is 0 Å². The second kappa shape index (κ2) is 5.86. The SMILES string of the molecule is CC(C)CN(C(C)C)C(CN)C(C)(C)C. The Kier molecular flexibility index (Phi) is 5.82. The molecule has 0 amide bonds. The lowest BCUT2D eigenvalue weighted by atomic mass is 9.84. The van der Waals surface area contributed by atoms with Gasteiger partial charge in [0, 0.05) is 25.2 Å². The van der Waals surface area contributed by atoms with E-state index < -0.39 is 0 Å². The first kappa shape index (κ1) is 14.9. The molecule has 2 heteroatoms. The van der Waals surface area contributed by atoms with Crippen molar-refractivity contribution in [3.05, 3.63) is 0 Å². The Hall–Kier alpha value is -0.0800. The van der Waals surface area contributed by atoms with E-state index in [4.69, 9.17) is 5.73 Å². The molecule has 0 fully saturated rings. The smallest absolute Gasteiger partial charge is 0.0269 e. The van der Waals surface area contributed by atoms with Gasteiger partial charge >= 0.3 is 0 Å². The fourth-order valence-corrected chi connectivity index (χ4v) is 2.11. The van der Waals surface area contributed by atoms with Crippen molar-refractivity contribution in [2.24, 2.45) is 17.1 Å². The zero-order chi connectivity index (χ0) is 12.2. The molecule has 2 nitrogen and oxygen atoms in total. The molecule has 0 aliphatic rings. The molecular weight excluding hydrogens is 184 g/mol. The second-order valence-electron chi connectivity index (χ2n) is 6.30. The summed E-state index contributed by atoms with van der Waals surface area (Å²) in [4.78, 5) is 2.55. The standard InChI is InChI=1S/C13H30N2/c1-10(2)9-15(11(3)4)12(8-14)13(5,6)7/h10-12H,8-9,14H2,1-7H3. The van der Waals surface area contributed by atoms with Crippen molar-refractivity contribution in [3.63, 3.8) is 0 Å². The number of hydrogen-bond acceptors (Lipinski definition) is 2. The fourth-order valence-electron chi connectivity index (χ4n) is 2.11. The molecule has 0 radical (unpaired) electrons. The third-order valence-corrected chi connectivity index (χ3v) is 2.86. The highest BCUT2D eigenvalue weighted by molar-refractivity contribution is 4.86. The molecule has 15 heavy (non-hydrogen) atoms. The minimum Gasteiger partial charge on any atom is -0.329 e. The zero-order valence-electron chi connectivity index (χ0n) is 11.7. The first-order chi connectivity index (χ1) is 6.70. The van der Waals surface area contributed by atoms with Gasteiger partial charge in [0.2, 0.25) is 0 Å². The van der Waals surface area contributed by atoms with Gasteiger partial charge in [-0.2, -0.15) is 0 Å². The minimum absolute atomic E-state index is 0.258. The van der Waals surface area contributed by atoms with Crippen LogP contribution in [0.2, 0.25) is 0 Å². The topological polar surface area (TPSA) is 29.3 Å². The molecule has 0 aromatic carbocycles. The summed E-state index contributed by atoms with van der Waals surface area (Å²) in [6.07, 6.45) is 0. The molecule has 0 heterocycles. The van der Waals surface area contributed by atoms with Gasteiger partial charge in [0.15, 0.2) is 0 Å². The van der Waals surface area contributed by atoms with Gasteiger partial charge in [0.25, 0.3) is 0 Å². The molecule has 0 aromatic rings. The number of rotatable bonds is 5. The van der Waals surface area contributed by atoms with Crippen molar-refractivity contribution >= 4 is 0 Å². The predicted octanol–water partition coefficient (Wildman–Crippen LogP) is 2.73.